The minimum Gasteiger partial charge on any atom is -0.508 e. The van der Waals surface area contributed by atoms with Crippen molar-refractivity contribution in [2.45, 2.75) is 58.5 Å². The lowest BCUT2D eigenvalue weighted by Crippen LogP contribution is -1.97. The van der Waals surface area contributed by atoms with E-state index in [0.717, 1.165) is 36.0 Å². The third kappa shape index (κ3) is 8.81. The van der Waals surface area contributed by atoms with Crippen LogP contribution in [0.25, 0.3) is 11.1 Å². The van der Waals surface area contributed by atoms with Crippen molar-refractivity contribution >= 4 is 0 Å². The van der Waals surface area contributed by atoms with Crippen LogP contribution in [0, 0.1) is 5.82 Å². The van der Waals surface area contributed by atoms with Gasteiger partial charge in [-0.3, -0.25) is 0 Å². The Morgan fingerprint density at radius 2 is 1.32 bits per heavy atom. The molecule has 4 heteroatoms. The second kappa shape index (κ2) is 12.8. The van der Waals surface area contributed by atoms with Crippen LogP contribution in [-0.2, 0) is 12.8 Å². The summed E-state index contributed by atoms with van der Waals surface area (Å²) < 4.78 is 14.3. The number of phenols is 2. The van der Waals surface area contributed by atoms with Crippen LogP contribution in [0.1, 0.15) is 50.7 Å². The maximum atomic E-state index is 14.3. The second-order valence-electron chi connectivity index (χ2n) is 7.87. The summed E-state index contributed by atoms with van der Waals surface area (Å²) in [6.45, 7) is 4.01. The van der Waals surface area contributed by atoms with E-state index < -0.39 is 0 Å². The Bertz CT molecular complexity index is 903. The lowest BCUT2D eigenvalue weighted by atomic mass is 9.99. The third-order valence-electron chi connectivity index (χ3n) is 5.08. The van der Waals surface area contributed by atoms with Crippen LogP contribution in [0.2, 0.25) is 0 Å². The summed E-state index contributed by atoms with van der Waals surface area (Å²) in [4.78, 5) is 0. The van der Waals surface area contributed by atoms with Gasteiger partial charge in [-0.05, 0) is 73.2 Å². The zero-order valence-electron chi connectivity index (χ0n) is 18.4. The van der Waals surface area contributed by atoms with Crippen LogP contribution in [0.3, 0.4) is 0 Å². The standard InChI is InChI=1S/C20H17FO2.C7H16O/c21-20-13-15(2-1-14-3-8-17(22)9-4-14)5-12-19(20)16-6-10-18(23)11-7-16;1-3-4-5-6-7(2)8/h3-13,22-23H,1-2H2;7-8H,3-6H2,1-2H3. The number of benzene rings is 3. The molecule has 3 rings (SSSR count). The predicted octanol–water partition coefficient (Wildman–Crippen LogP) is 6.64. The average molecular weight is 425 g/mol. The fraction of sp³-hybridized carbons (Fsp3) is 0.333. The highest BCUT2D eigenvalue weighted by Crippen LogP contribution is 2.26. The number of unbranched alkanes of at least 4 members (excludes halogenated alkanes) is 2. The number of hydrogen-bond donors (Lipinski definition) is 3. The zero-order valence-corrected chi connectivity index (χ0v) is 18.4. The van der Waals surface area contributed by atoms with E-state index in [1.54, 1.807) is 48.5 Å². The molecule has 1 atom stereocenters. The number of halogens is 1. The predicted molar refractivity (Wildman–Crippen MR) is 125 cm³/mol. The molecule has 0 aliphatic rings. The van der Waals surface area contributed by atoms with Crippen molar-refractivity contribution in [1.29, 1.82) is 0 Å². The molecule has 0 heterocycles. The second-order valence-corrected chi connectivity index (χ2v) is 7.87. The minimum atomic E-state index is -0.265. The summed E-state index contributed by atoms with van der Waals surface area (Å²) in [5.74, 6) is 0.150. The number of rotatable bonds is 8. The van der Waals surface area contributed by atoms with E-state index in [1.807, 2.05) is 25.1 Å². The van der Waals surface area contributed by atoms with Gasteiger partial charge in [-0.1, -0.05) is 62.6 Å². The summed E-state index contributed by atoms with van der Waals surface area (Å²) in [5.41, 5.74) is 3.30. The average Bonchev–Trinajstić information content (AvgIpc) is 2.75. The Hall–Kier alpha value is -2.85. The monoisotopic (exact) mass is 424 g/mol. The molecule has 0 amide bonds. The molecule has 3 aromatic rings. The molecule has 166 valence electrons. The summed E-state index contributed by atoms with van der Waals surface area (Å²) in [6, 6.07) is 18.8. The Morgan fingerprint density at radius 3 is 1.87 bits per heavy atom. The van der Waals surface area contributed by atoms with E-state index >= 15 is 0 Å². The molecule has 0 aromatic heterocycles. The number of phenolic OH excluding ortho intramolecular Hbond substituents is 2. The maximum absolute atomic E-state index is 14.3. The van der Waals surface area contributed by atoms with E-state index in [2.05, 4.69) is 6.92 Å². The molecule has 0 aliphatic heterocycles. The molecule has 3 aromatic carbocycles. The smallest absolute Gasteiger partial charge is 0.131 e. The van der Waals surface area contributed by atoms with Crippen molar-refractivity contribution < 1.29 is 19.7 Å². The molecule has 0 saturated heterocycles. The normalized spacial score (nSPS) is 11.5. The Balaban J connectivity index is 0.000000366. The first-order chi connectivity index (χ1) is 14.9. The lowest BCUT2D eigenvalue weighted by Gasteiger charge is -2.07. The zero-order chi connectivity index (χ0) is 22.6. The molecule has 0 fully saturated rings. The van der Waals surface area contributed by atoms with Crippen LogP contribution < -0.4 is 0 Å². The number of aryl methyl sites for hydroxylation is 2. The summed E-state index contributed by atoms with van der Waals surface area (Å²) in [6.07, 6.45) is 6.07. The van der Waals surface area contributed by atoms with Gasteiger partial charge in [-0.15, -0.1) is 0 Å². The summed E-state index contributed by atoms with van der Waals surface area (Å²) in [5, 5.41) is 27.4. The fourth-order valence-corrected chi connectivity index (χ4v) is 3.23. The van der Waals surface area contributed by atoms with Crippen molar-refractivity contribution in [2.75, 3.05) is 0 Å². The van der Waals surface area contributed by atoms with E-state index in [0.29, 0.717) is 5.56 Å². The quantitative estimate of drug-likeness (QED) is 0.355. The van der Waals surface area contributed by atoms with Gasteiger partial charge in [0.2, 0.25) is 0 Å². The van der Waals surface area contributed by atoms with E-state index in [-0.39, 0.29) is 23.4 Å². The van der Waals surface area contributed by atoms with Crippen molar-refractivity contribution in [1.82, 2.24) is 0 Å². The highest BCUT2D eigenvalue weighted by Gasteiger charge is 2.07. The van der Waals surface area contributed by atoms with Gasteiger partial charge in [0.25, 0.3) is 0 Å². The number of hydrogen-bond acceptors (Lipinski definition) is 3. The number of aromatic hydroxyl groups is 2. The van der Waals surface area contributed by atoms with Crippen molar-refractivity contribution in [3.8, 4) is 22.6 Å². The highest BCUT2D eigenvalue weighted by atomic mass is 19.1. The molecule has 3 nitrogen and oxygen atoms in total. The van der Waals surface area contributed by atoms with Gasteiger partial charge >= 0.3 is 0 Å². The third-order valence-corrected chi connectivity index (χ3v) is 5.08. The van der Waals surface area contributed by atoms with Crippen LogP contribution in [-0.4, -0.2) is 21.4 Å². The van der Waals surface area contributed by atoms with Crippen LogP contribution >= 0.6 is 0 Å². The molecule has 3 N–H and O–H groups in total. The first-order valence-electron chi connectivity index (χ1n) is 10.9. The Kier molecular flexibility index (Phi) is 10.0. The van der Waals surface area contributed by atoms with Gasteiger partial charge in [-0.25, -0.2) is 4.39 Å². The SMILES string of the molecule is CCCCCC(C)O.Oc1ccc(CCc2ccc(-c3ccc(O)cc3)c(F)c2)cc1. The number of aliphatic hydroxyl groups excluding tert-OH is 1. The molecule has 31 heavy (non-hydrogen) atoms. The first-order valence-corrected chi connectivity index (χ1v) is 10.9. The molecule has 0 radical (unpaired) electrons. The van der Waals surface area contributed by atoms with Gasteiger partial charge in [-0.2, -0.15) is 0 Å². The van der Waals surface area contributed by atoms with Gasteiger partial charge < -0.3 is 15.3 Å². The molecular formula is C27H33FO3. The van der Waals surface area contributed by atoms with Crippen LogP contribution in [0.15, 0.2) is 66.7 Å². The molecule has 0 aliphatic carbocycles. The van der Waals surface area contributed by atoms with Crippen LogP contribution in [0.5, 0.6) is 11.5 Å². The molecular weight excluding hydrogens is 391 g/mol. The Labute approximate surface area is 184 Å². The van der Waals surface area contributed by atoms with Crippen molar-refractivity contribution in [3.63, 3.8) is 0 Å². The molecule has 0 saturated carbocycles. The number of aliphatic hydroxyl groups is 1. The van der Waals surface area contributed by atoms with Gasteiger partial charge in [0.15, 0.2) is 0 Å². The molecule has 0 spiro atoms. The summed E-state index contributed by atoms with van der Waals surface area (Å²) >= 11 is 0. The van der Waals surface area contributed by atoms with Crippen molar-refractivity contribution in [2.24, 2.45) is 0 Å². The highest BCUT2D eigenvalue weighted by molar-refractivity contribution is 5.65. The van der Waals surface area contributed by atoms with E-state index in [4.69, 9.17) is 5.11 Å². The topological polar surface area (TPSA) is 60.7 Å². The lowest BCUT2D eigenvalue weighted by molar-refractivity contribution is 0.180. The molecule has 0 bridgehead atoms. The van der Waals surface area contributed by atoms with Gasteiger partial charge in [0, 0.05) is 5.56 Å². The summed E-state index contributed by atoms with van der Waals surface area (Å²) in [7, 11) is 0. The molecule has 1 unspecified atom stereocenters. The van der Waals surface area contributed by atoms with Gasteiger partial charge in [0.05, 0.1) is 6.10 Å². The fourth-order valence-electron chi connectivity index (χ4n) is 3.23. The van der Waals surface area contributed by atoms with Crippen molar-refractivity contribution in [3.05, 3.63) is 83.7 Å². The van der Waals surface area contributed by atoms with Crippen LogP contribution in [0.4, 0.5) is 4.39 Å². The Morgan fingerprint density at radius 1 is 0.774 bits per heavy atom. The maximum Gasteiger partial charge on any atom is 0.131 e. The minimum absolute atomic E-state index is 0.0958. The largest absolute Gasteiger partial charge is 0.508 e. The first kappa shape index (κ1) is 24.4. The van der Waals surface area contributed by atoms with E-state index in [1.165, 1.54) is 19.3 Å². The van der Waals surface area contributed by atoms with Gasteiger partial charge in [0.1, 0.15) is 17.3 Å². The van der Waals surface area contributed by atoms with E-state index in [9.17, 15) is 14.6 Å².